The second-order valence-electron chi connectivity index (χ2n) is 3.64. The van der Waals surface area contributed by atoms with Gasteiger partial charge in [0, 0.05) is 21.2 Å². The van der Waals surface area contributed by atoms with Crippen molar-refractivity contribution in [1.82, 2.24) is 9.78 Å². The molecule has 0 aliphatic rings. The molecular formula is C12H10ClIN2O2. The van der Waals surface area contributed by atoms with Crippen LogP contribution in [-0.4, -0.2) is 22.7 Å². The number of aryl methyl sites for hydroxylation is 1. The maximum Gasteiger partial charge on any atom is 0.215 e. The molecule has 1 aromatic heterocycles. The first-order valence-corrected chi connectivity index (χ1v) is 6.56. The van der Waals surface area contributed by atoms with Crippen molar-refractivity contribution in [3.05, 3.63) is 44.2 Å². The van der Waals surface area contributed by atoms with Crippen molar-refractivity contribution in [2.45, 2.75) is 0 Å². The van der Waals surface area contributed by atoms with Crippen molar-refractivity contribution in [3.8, 4) is 5.75 Å². The van der Waals surface area contributed by atoms with E-state index in [0.29, 0.717) is 22.0 Å². The minimum absolute atomic E-state index is 0.154. The van der Waals surface area contributed by atoms with Crippen LogP contribution in [0.5, 0.6) is 5.75 Å². The highest BCUT2D eigenvalue weighted by atomic mass is 127. The first kappa shape index (κ1) is 13.4. The Hall–Kier alpha value is -1.08. The quantitative estimate of drug-likeness (QED) is 0.611. The molecule has 0 bridgehead atoms. The summed E-state index contributed by atoms with van der Waals surface area (Å²) in [4.78, 5) is 12.5. The Morgan fingerprint density at radius 1 is 1.50 bits per heavy atom. The van der Waals surface area contributed by atoms with E-state index in [1.807, 2.05) is 0 Å². The number of carbonyl (C=O) groups excluding carboxylic acids is 1. The van der Waals surface area contributed by atoms with Crippen molar-refractivity contribution in [2.24, 2.45) is 7.05 Å². The summed E-state index contributed by atoms with van der Waals surface area (Å²) in [5, 5.41) is 4.55. The first-order chi connectivity index (χ1) is 8.54. The number of ether oxygens (including phenoxy) is 1. The van der Waals surface area contributed by atoms with Crippen LogP contribution in [0.15, 0.2) is 24.4 Å². The molecule has 1 heterocycles. The number of nitrogens with zero attached hydrogens (tertiary/aromatic N) is 2. The lowest BCUT2D eigenvalue weighted by Gasteiger charge is -2.06. The third kappa shape index (κ3) is 2.37. The number of hydrogen-bond donors (Lipinski definition) is 0. The number of carbonyl (C=O) groups is 1. The van der Waals surface area contributed by atoms with Gasteiger partial charge in [-0.05, 0) is 40.8 Å². The minimum atomic E-state index is -0.154. The molecule has 0 saturated carbocycles. The summed E-state index contributed by atoms with van der Waals surface area (Å²) < 4.78 is 7.48. The van der Waals surface area contributed by atoms with E-state index < -0.39 is 0 Å². The van der Waals surface area contributed by atoms with Gasteiger partial charge in [0.05, 0.1) is 13.3 Å². The predicted molar refractivity (Wildman–Crippen MR) is 77.4 cm³/mol. The lowest BCUT2D eigenvalue weighted by Crippen LogP contribution is -2.11. The van der Waals surface area contributed by atoms with Crippen LogP contribution < -0.4 is 4.74 Å². The van der Waals surface area contributed by atoms with Gasteiger partial charge in [-0.3, -0.25) is 9.48 Å². The number of benzene rings is 1. The van der Waals surface area contributed by atoms with Crippen LogP contribution in [0.2, 0.25) is 5.02 Å². The summed E-state index contributed by atoms with van der Waals surface area (Å²) in [6.07, 6.45) is 1.52. The molecule has 6 heteroatoms. The van der Waals surface area contributed by atoms with Gasteiger partial charge in [0.15, 0.2) is 11.4 Å². The van der Waals surface area contributed by atoms with E-state index in [-0.39, 0.29) is 5.78 Å². The summed E-state index contributed by atoms with van der Waals surface area (Å²) in [7, 11) is 3.21. The molecule has 0 N–H and O–H groups in total. The molecule has 2 aromatic rings. The molecule has 0 amide bonds. The molecule has 1 aromatic carbocycles. The standard InChI is InChI=1S/C12H10ClIN2O2/c1-16-11(10(18-2)6-15-16)12(17)8-5-7(13)3-4-9(8)14/h3-6H,1-2H3. The summed E-state index contributed by atoms with van der Waals surface area (Å²) in [5.41, 5.74) is 0.961. The van der Waals surface area contributed by atoms with E-state index in [0.717, 1.165) is 3.57 Å². The number of methoxy groups -OCH3 is 1. The smallest absolute Gasteiger partial charge is 0.215 e. The third-order valence-electron chi connectivity index (χ3n) is 2.51. The van der Waals surface area contributed by atoms with Crippen molar-refractivity contribution < 1.29 is 9.53 Å². The Labute approximate surface area is 123 Å². The van der Waals surface area contributed by atoms with Crippen LogP contribution in [0.4, 0.5) is 0 Å². The van der Waals surface area contributed by atoms with Crippen LogP contribution in [0.25, 0.3) is 0 Å². The van der Waals surface area contributed by atoms with E-state index in [2.05, 4.69) is 27.7 Å². The highest BCUT2D eigenvalue weighted by Crippen LogP contribution is 2.25. The van der Waals surface area contributed by atoms with Crippen LogP contribution in [0.3, 0.4) is 0 Å². The Morgan fingerprint density at radius 3 is 2.89 bits per heavy atom. The monoisotopic (exact) mass is 376 g/mol. The zero-order valence-corrected chi connectivity index (χ0v) is 12.7. The SMILES string of the molecule is COc1cnn(C)c1C(=O)c1cc(Cl)ccc1I. The predicted octanol–water partition coefficient (Wildman–Crippen LogP) is 2.92. The maximum absolute atomic E-state index is 12.5. The number of ketones is 1. The summed E-state index contributed by atoms with van der Waals surface area (Å²) in [5.74, 6) is 0.303. The van der Waals surface area contributed by atoms with Gasteiger partial charge in [-0.2, -0.15) is 5.10 Å². The lowest BCUT2D eigenvalue weighted by molar-refractivity contribution is 0.102. The van der Waals surface area contributed by atoms with Gasteiger partial charge in [0.1, 0.15) is 0 Å². The molecule has 4 nitrogen and oxygen atoms in total. The molecular weight excluding hydrogens is 367 g/mol. The minimum Gasteiger partial charge on any atom is -0.493 e. The zero-order valence-electron chi connectivity index (χ0n) is 9.78. The van der Waals surface area contributed by atoms with Gasteiger partial charge >= 0.3 is 0 Å². The highest BCUT2D eigenvalue weighted by Gasteiger charge is 2.21. The second-order valence-corrected chi connectivity index (χ2v) is 5.24. The van der Waals surface area contributed by atoms with E-state index in [9.17, 15) is 4.79 Å². The second kappa shape index (κ2) is 5.27. The Balaban J connectivity index is 2.54. The molecule has 0 fully saturated rings. The normalized spacial score (nSPS) is 10.4. The molecule has 0 unspecified atom stereocenters. The molecule has 0 spiro atoms. The van der Waals surface area contributed by atoms with E-state index >= 15 is 0 Å². The van der Waals surface area contributed by atoms with Crippen molar-refractivity contribution in [2.75, 3.05) is 7.11 Å². The molecule has 94 valence electrons. The number of hydrogen-bond acceptors (Lipinski definition) is 3. The molecule has 2 rings (SSSR count). The van der Waals surface area contributed by atoms with Crippen LogP contribution in [-0.2, 0) is 7.05 Å². The Kier molecular flexibility index (Phi) is 3.91. The van der Waals surface area contributed by atoms with Crippen LogP contribution in [0, 0.1) is 3.57 Å². The van der Waals surface area contributed by atoms with Gasteiger partial charge < -0.3 is 4.74 Å². The fourth-order valence-electron chi connectivity index (χ4n) is 1.62. The van der Waals surface area contributed by atoms with Crippen LogP contribution in [0.1, 0.15) is 16.1 Å². The van der Waals surface area contributed by atoms with Gasteiger partial charge in [0.2, 0.25) is 5.78 Å². The van der Waals surface area contributed by atoms with Gasteiger partial charge in [0.25, 0.3) is 0 Å². The topological polar surface area (TPSA) is 44.1 Å². The van der Waals surface area contributed by atoms with Crippen molar-refractivity contribution in [1.29, 1.82) is 0 Å². The number of halogens is 2. The van der Waals surface area contributed by atoms with Gasteiger partial charge in [-0.1, -0.05) is 11.6 Å². The third-order valence-corrected chi connectivity index (χ3v) is 3.69. The highest BCUT2D eigenvalue weighted by molar-refractivity contribution is 14.1. The average molecular weight is 377 g/mol. The van der Waals surface area contributed by atoms with Crippen molar-refractivity contribution in [3.63, 3.8) is 0 Å². The van der Waals surface area contributed by atoms with E-state index in [1.54, 1.807) is 25.2 Å². The van der Waals surface area contributed by atoms with Gasteiger partial charge in [-0.15, -0.1) is 0 Å². The number of rotatable bonds is 3. The Morgan fingerprint density at radius 2 is 2.22 bits per heavy atom. The molecule has 0 aliphatic carbocycles. The van der Waals surface area contributed by atoms with Crippen molar-refractivity contribution >= 4 is 40.0 Å². The van der Waals surface area contributed by atoms with Crippen LogP contribution >= 0.6 is 34.2 Å². The Bertz CT molecular complexity index is 610. The lowest BCUT2D eigenvalue weighted by atomic mass is 10.1. The summed E-state index contributed by atoms with van der Waals surface area (Å²) >= 11 is 8.03. The molecule has 0 saturated heterocycles. The van der Waals surface area contributed by atoms with E-state index in [1.165, 1.54) is 18.0 Å². The molecule has 0 aliphatic heterocycles. The molecule has 18 heavy (non-hydrogen) atoms. The first-order valence-electron chi connectivity index (χ1n) is 5.10. The average Bonchev–Trinajstić information content (AvgIpc) is 2.72. The largest absolute Gasteiger partial charge is 0.493 e. The molecule has 0 radical (unpaired) electrons. The fraction of sp³-hybridized carbons (Fsp3) is 0.167. The van der Waals surface area contributed by atoms with E-state index in [4.69, 9.17) is 16.3 Å². The number of aromatic nitrogens is 2. The summed E-state index contributed by atoms with van der Waals surface area (Å²) in [6, 6.07) is 5.21. The maximum atomic E-state index is 12.5. The summed E-state index contributed by atoms with van der Waals surface area (Å²) in [6.45, 7) is 0. The zero-order chi connectivity index (χ0) is 13.3. The molecule has 0 atom stereocenters. The van der Waals surface area contributed by atoms with Gasteiger partial charge in [-0.25, -0.2) is 0 Å². The fourth-order valence-corrected chi connectivity index (χ4v) is 2.38.